The first kappa shape index (κ1) is 14.8. The average Bonchev–Trinajstić information content (AvgIpc) is 2.40. The van der Waals surface area contributed by atoms with Gasteiger partial charge < -0.3 is 9.80 Å². The lowest BCUT2D eigenvalue weighted by molar-refractivity contribution is 0.159. The molecule has 106 valence electrons. The minimum Gasteiger partial charge on any atom is -0.303 e. The fourth-order valence-corrected chi connectivity index (χ4v) is 3.07. The molecule has 1 aromatic rings. The normalized spacial score (nSPS) is 20.9. The van der Waals surface area contributed by atoms with Crippen molar-refractivity contribution in [3.63, 3.8) is 0 Å². The summed E-state index contributed by atoms with van der Waals surface area (Å²) in [7, 11) is 4.45. The van der Waals surface area contributed by atoms with Gasteiger partial charge in [0.25, 0.3) is 0 Å². The zero-order chi connectivity index (χ0) is 13.7. The van der Waals surface area contributed by atoms with Gasteiger partial charge in [0.2, 0.25) is 0 Å². The zero-order valence-corrected chi connectivity index (χ0v) is 12.9. The number of benzene rings is 1. The second-order valence-electron chi connectivity index (χ2n) is 5.75. The largest absolute Gasteiger partial charge is 0.303 e. The van der Waals surface area contributed by atoms with Crippen LogP contribution in [0.3, 0.4) is 0 Å². The van der Waals surface area contributed by atoms with Crippen LogP contribution in [-0.2, 0) is 6.54 Å². The molecular formula is C16H25ClN2. The number of hydrogen-bond donors (Lipinski definition) is 0. The van der Waals surface area contributed by atoms with Crippen molar-refractivity contribution in [2.75, 3.05) is 27.2 Å². The van der Waals surface area contributed by atoms with Gasteiger partial charge in [-0.25, -0.2) is 0 Å². The van der Waals surface area contributed by atoms with Crippen molar-refractivity contribution >= 4 is 11.6 Å². The first-order chi connectivity index (χ1) is 9.16. The Morgan fingerprint density at radius 2 is 2.11 bits per heavy atom. The third-order valence-electron chi connectivity index (χ3n) is 4.16. The van der Waals surface area contributed by atoms with E-state index in [0.717, 1.165) is 24.2 Å². The molecule has 1 atom stereocenters. The fourth-order valence-electron chi connectivity index (χ4n) is 2.87. The molecule has 0 aliphatic carbocycles. The molecule has 1 aromatic carbocycles. The second-order valence-corrected chi connectivity index (χ2v) is 6.16. The molecule has 1 fully saturated rings. The lowest BCUT2D eigenvalue weighted by atomic mass is 10.00. The highest BCUT2D eigenvalue weighted by molar-refractivity contribution is 6.31. The summed E-state index contributed by atoms with van der Waals surface area (Å²) in [5, 5.41) is 0.879. The first-order valence-electron chi connectivity index (χ1n) is 7.29. The molecule has 2 rings (SSSR count). The summed E-state index contributed by atoms with van der Waals surface area (Å²) in [6.07, 6.45) is 5.37. The Kier molecular flexibility index (Phi) is 5.68. The van der Waals surface area contributed by atoms with Crippen LogP contribution in [0.25, 0.3) is 0 Å². The van der Waals surface area contributed by atoms with Crippen molar-refractivity contribution in [3.05, 3.63) is 34.9 Å². The van der Waals surface area contributed by atoms with Gasteiger partial charge in [-0.1, -0.05) is 36.2 Å². The topological polar surface area (TPSA) is 6.48 Å². The number of nitrogens with zero attached hydrogens (tertiary/aromatic N) is 2. The Balaban J connectivity index is 1.78. The van der Waals surface area contributed by atoms with Gasteiger partial charge in [-0.15, -0.1) is 0 Å². The number of rotatable bonds is 5. The molecule has 1 heterocycles. The monoisotopic (exact) mass is 280 g/mol. The first-order valence-corrected chi connectivity index (χ1v) is 7.67. The quantitative estimate of drug-likeness (QED) is 0.812. The molecule has 0 spiro atoms. The second kappa shape index (κ2) is 7.28. The van der Waals surface area contributed by atoms with Crippen molar-refractivity contribution in [2.45, 2.75) is 38.3 Å². The highest BCUT2D eigenvalue weighted by atomic mass is 35.5. The Labute approximate surface area is 122 Å². The molecule has 1 unspecified atom stereocenters. The van der Waals surface area contributed by atoms with Crippen LogP contribution in [0.5, 0.6) is 0 Å². The fraction of sp³-hybridized carbons (Fsp3) is 0.625. The van der Waals surface area contributed by atoms with E-state index >= 15 is 0 Å². The molecule has 3 heteroatoms. The summed E-state index contributed by atoms with van der Waals surface area (Å²) in [6, 6.07) is 8.90. The molecule has 0 aromatic heterocycles. The van der Waals surface area contributed by atoms with Crippen molar-refractivity contribution in [2.24, 2.45) is 0 Å². The highest BCUT2D eigenvalue weighted by Gasteiger charge is 2.18. The minimum atomic E-state index is 0.766. The number of piperidine rings is 1. The molecule has 0 radical (unpaired) electrons. The molecule has 0 bridgehead atoms. The summed E-state index contributed by atoms with van der Waals surface area (Å²) in [6.45, 7) is 3.34. The van der Waals surface area contributed by atoms with E-state index < -0.39 is 0 Å². The predicted octanol–water partition coefficient (Wildman–Crippen LogP) is 3.65. The summed E-state index contributed by atoms with van der Waals surface area (Å²) in [5.41, 5.74) is 1.23. The Bertz CT molecular complexity index is 394. The van der Waals surface area contributed by atoms with Crippen LogP contribution >= 0.6 is 11.6 Å². The van der Waals surface area contributed by atoms with E-state index in [0.29, 0.717) is 0 Å². The van der Waals surface area contributed by atoms with E-state index in [4.69, 9.17) is 11.6 Å². The summed E-state index contributed by atoms with van der Waals surface area (Å²) >= 11 is 6.21. The van der Waals surface area contributed by atoms with Crippen molar-refractivity contribution in [3.8, 4) is 0 Å². The summed E-state index contributed by atoms with van der Waals surface area (Å²) < 4.78 is 0. The van der Waals surface area contributed by atoms with Gasteiger partial charge in [0, 0.05) is 17.6 Å². The molecule has 1 aliphatic heterocycles. The molecule has 2 nitrogen and oxygen atoms in total. The smallest absolute Gasteiger partial charge is 0.0451 e. The van der Waals surface area contributed by atoms with Gasteiger partial charge in [-0.2, -0.15) is 0 Å². The summed E-state index contributed by atoms with van der Waals surface area (Å²) in [5.74, 6) is 0. The molecule has 0 N–H and O–H groups in total. The van der Waals surface area contributed by atoms with Crippen LogP contribution in [0.1, 0.15) is 31.2 Å². The van der Waals surface area contributed by atoms with Crippen LogP contribution in [-0.4, -0.2) is 43.0 Å². The molecule has 1 aliphatic rings. The molecule has 0 saturated carbocycles. The Morgan fingerprint density at radius 1 is 1.32 bits per heavy atom. The lowest BCUT2D eigenvalue weighted by Gasteiger charge is -2.33. The van der Waals surface area contributed by atoms with Gasteiger partial charge in [0.1, 0.15) is 0 Å². The van der Waals surface area contributed by atoms with Gasteiger partial charge in [-0.05, 0) is 58.1 Å². The molecular weight excluding hydrogens is 256 g/mol. The van der Waals surface area contributed by atoms with E-state index in [1.54, 1.807) is 0 Å². The maximum Gasteiger partial charge on any atom is 0.0451 e. The maximum atomic E-state index is 6.21. The lowest BCUT2D eigenvalue weighted by Crippen LogP contribution is -2.38. The average molecular weight is 281 g/mol. The summed E-state index contributed by atoms with van der Waals surface area (Å²) in [4.78, 5) is 4.90. The minimum absolute atomic E-state index is 0.766. The van der Waals surface area contributed by atoms with Crippen LogP contribution in [0.2, 0.25) is 5.02 Å². The zero-order valence-electron chi connectivity index (χ0n) is 12.1. The third kappa shape index (κ3) is 4.48. The number of hydrogen-bond acceptors (Lipinski definition) is 2. The molecule has 0 amide bonds. The van der Waals surface area contributed by atoms with E-state index in [1.165, 1.54) is 37.8 Å². The van der Waals surface area contributed by atoms with Crippen LogP contribution in [0, 0.1) is 0 Å². The van der Waals surface area contributed by atoms with Crippen molar-refractivity contribution in [1.82, 2.24) is 9.80 Å². The van der Waals surface area contributed by atoms with Crippen molar-refractivity contribution < 1.29 is 0 Å². The van der Waals surface area contributed by atoms with Crippen molar-refractivity contribution in [1.29, 1.82) is 0 Å². The standard InChI is InChI=1S/C16H25ClN2/c1-18(13-14-7-3-4-9-16(14)17)12-10-15-8-5-6-11-19(15)2/h3-4,7,9,15H,5-6,8,10-13H2,1-2H3. The van der Waals surface area contributed by atoms with Gasteiger partial charge >= 0.3 is 0 Å². The van der Waals surface area contributed by atoms with E-state index in [9.17, 15) is 0 Å². The molecule has 19 heavy (non-hydrogen) atoms. The van der Waals surface area contributed by atoms with Crippen LogP contribution in [0.15, 0.2) is 24.3 Å². The maximum absolute atomic E-state index is 6.21. The molecule has 1 saturated heterocycles. The van der Waals surface area contributed by atoms with Crippen LogP contribution in [0.4, 0.5) is 0 Å². The van der Waals surface area contributed by atoms with Gasteiger partial charge in [-0.3, -0.25) is 0 Å². The van der Waals surface area contributed by atoms with Crippen LogP contribution < -0.4 is 0 Å². The Hall–Kier alpha value is -0.570. The van der Waals surface area contributed by atoms with Gasteiger partial charge in [0.05, 0.1) is 0 Å². The third-order valence-corrected chi connectivity index (χ3v) is 4.53. The number of likely N-dealkylation sites (tertiary alicyclic amines) is 1. The highest BCUT2D eigenvalue weighted by Crippen LogP contribution is 2.19. The predicted molar refractivity (Wildman–Crippen MR) is 82.7 cm³/mol. The van der Waals surface area contributed by atoms with E-state index in [2.05, 4.69) is 36.0 Å². The van der Waals surface area contributed by atoms with E-state index in [1.807, 2.05) is 12.1 Å². The van der Waals surface area contributed by atoms with Gasteiger partial charge in [0.15, 0.2) is 0 Å². The SMILES string of the molecule is CN(CCC1CCCCN1C)Cc1ccccc1Cl. The number of halogens is 1. The van der Waals surface area contributed by atoms with E-state index in [-0.39, 0.29) is 0 Å². The Morgan fingerprint density at radius 3 is 2.84 bits per heavy atom.